The van der Waals surface area contributed by atoms with Crippen molar-refractivity contribution in [1.29, 1.82) is 0 Å². The van der Waals surface area contributed by atoms with Crippen molar-refractivity contribution in [1.82, 2.24) is 4.90 Å². The molecule has 1 aliphatic heterocycles. The second-order valence-electron chi connectivity index (χ2n) is 5.32. The van der Waals surface area contributed by atoms with Gasteiger partial charge in [-0.25, -0.2) is 8.42 Å². The first kappa shape index (κ1) is 13.4. The minimum atomic E-state index is -2.95. The molecule has 0 aliphatic carbocycles. The minimum Gasteiger partial charge on any atom is -0.339 e. The van der Waals surface area contributed by atoms with E-state index in [2.05, 4.69) is 0 Å². The number of carbonyl (C=O) groups is 1. The predicted octanol–water partition coefficient (Wildman–Crippen LogP) is -0.383. The van der Waals surface area contributed by atoms with Crippen molar-refractivity contribution < 1.29 is 13.2 Å². The molecular formula is C10H20N2O3S. The van der Waals surface area contributed by atoms with E-state index in [0.717, 1.165) is 0 Å². The highest BCUT2D eigenvalue weighted by Crippen LogP contribution is 2.19. The SMILES string of the molecule is CC(C)(C)[C@@H](N)C(=O)N1CCS(=O)(=O)CC1. The summed E-state index contributed by atoms with van der Waals surface area (Å²) in [6.45, 7) is 6.23. The van der Waals surface area contributed by atoms with E-state index < -0.39 is 15.9 Å². The van der Waals surface area contributed by atoms with E-state index in [4.69, 9.17) is 5.73 Å². The molecule has 0 saturated carbocycles. The van der Waals surface area contributed by atoms with Crippen molar-refractivity contribution in [2.75, 3.05) is 24.6 Å². The van der Waals surface area contributed by atoms with Crippen molar-refractivity contribution in [3.05, 3.63) is 0 Å². The Labute approximate surface area is 96.9 Å². The predicted molar refractivity (Wildman–Crippen MR) is 62.7 cm³/mol. The second-order valence-corrected chi connectivity index (χ2v) is 7.62. The fourth-order valence-electron chi connectivity index (χ4n) is 1.50. The van der Waals surface area contributed by atoms with Crippen LogP contribution in [0.2, 0.25) is 0 Å². The van der Waals surface area contributed by atoms with Crippen molar-refractivity contribution in [3.8, 4) is 0 Å². The monoisotopic (exact) mass is 248 g/mol. The first-order chi connectivity index (χ1) is 7.13. The molecule has 0 unspecified atom stereocenters. The summed E-state index contributed by atoms with van der Waals surface area (Å²) in [4.78, 5) is 13.5. The molecule has 16 heavy (non-hydrogen) atoms. The average molecular weight is 248 g/mol. The van der Waals surface area contributed by atoms with Gasteiger partial charge in [-0.05, 0) is 5.41 Å². The van der Waals surface area contributed by atoms with E-state index in [9.17, 15) is 13.2 Å². The molecule has 94 valence electrons. The summed E-state index contributed by atoms with van der Waals surface area (Å²) in [5.41, 5.74) is 5.55. The van der Waals surface area contributed by atoms with Crippen LogP contribution < -0.4 is 5.73 Å². The quantitative estimate of drug-likeness (QED) is 0.686. The van der Waals surface area contributed by atoms with Crippen LogP contribution >= 0.6 is 0 Å². The Bertz CT molecular complexity index is 356. The van der Waals surface area contributed by atoms with Crippen LogP contribution in [0.25, 0.3) is 0 Å². The summed E-state index contributed by atoms with van der Waals surface area (Å²) in [5.74, 6) is -0.0482. The van der Waals surface area contributed by atoms with E-state index >= 15 is 0 Å². The standard InChI is InChI=1S/C10H20N2O3S/c1-10(2,3)8(11)9(13)12-4-6-16(14,15)7-5-12/h8H,4-7,11H2,1-3H3/t8-/m0/s1. The molecule has 0 aromatic heterocycles. The van der Waals surface area contributed by atoms with Gasteiger partial charge in [0.25, 0.3) is 0 Å². The van der Waals surface area contributed by atoms with E-state index in [1.165, 1.54) is 0 Å². The van der Waals surface area contributed by atoms with Gasteiger partial charge in [0.05, 0.1) is 17.5 Å². The minimum absolute atomic E-state index is 0.0512. The smallest absolute Gasteiger partial charge is 0.240 e. The lowest BCUT2D eigenvalue weighted by Crippen LogP contribution is -2.54. The van der Waals surface area contributed by atoms with Crippen LogP contribution in [0.1, 0.15) is 20.8 Å². The van der Waals surface area contributed by atoms with Gasteiger partial charge in [0, 0.05) is 13.1 Å². The molecule has 1 aliphatic rings. The molecule has 1 fully saturated rings. The normalized spacial score (nSPS) is 22.9. The Morgan fingerprint density at radius 3 is 2.06 bits per heavy atom. The van der Waals surface area contributed by atoms with Crippen LogP contribution in [-0.4, -0.2) is 49.9 Å². The molecule has 0 aromatic rings. The Morgan fingerprint density at radius 2 is 1.69 bits per heavy atom. The third-order valence-electron chi connectivity index (χ3n) is 2.86. The molecular weight excluding hydrogens is 228 g/mol. The summed E-state index contributed by atoms with van der Waals surface area (Å²) in [7, 11) is -2.95. The van der Waals surface area contributed by atoms with E-state index in [0.29, 0.717) is 0 Å². The van der Waals surface area contributed by atoms with Gasteiger partial charge in [-0.15, -0.1) is 0 Å². The first-order valence-electron chi connectivity index (χ1n) is 5.38. The molecule has 0 spiro atoms. The highest BCUT2D eigenvalue weighted by Gasteiger charge is 2.33. The maximum Gasteiger partial charge on any atom is 0.240 e. The lowest BCUT2D eigenvalue weighted by Gasteiger charge is -2.33. The number of rotatable bonds is 1. The molecule has 1 atom stereocenters. The zero-order valence-corrected chi connectivity index (χ0v) is 10.9. The van der Waals surface area contributed by atoms with Crippen LogP contribution in [0.3, 0.4) is 0 Å². The third kappa shape index (κ3) is 3.18. The molecule has 1 heterocycles. The summed E-state index contributed by atoms with van der Waals surface area (Å²) in [5, 5.41) is 0. The van der Waals surface area contributed by atoms with Crippen LogP contribution in [0.5, 0.6) is 0 Å². The van der Waals surface area contributed by atoms with Crippen LogP contribution in [0.15, 0.2) is 0 Å². The van der Waals surface area contributed by atoms with Crippen molar-refractivity contribution in [3.63, 3.8) is 0 Å². The van der Waals surface area contributed by atoms with Gasteiger partial charge in [0.2, 0.25) is 5.91 Å². The summed E-state index contributed by atoms with van der Waals surface area (Å²) in [6, 6.07) is -0.576. The summed E-state index contributed by atoms with van der Waals surface area (Å²) in [6.07, 6.45) is 0. The second kappa shape index (κ2) is 4.33. The number of nitrogens with two attached hydrogens (primary N) is 1. The molecule has 1 saturated heterocycles. The van der Waals surface area contributed by atoms with Gasteiger partial charge in [-0.1, -0.05) is 20.8 Å². The molecule has 1 rings (SSSR count). The lowest BCUT2D eigenvalue weighted by molar-refractivity contribution is -0.134. The molecule has 5 nitrogen and oxygen atoms in total. The molecule has 1 amide bonds. The van der Waals surface area contributed by atoms with Crippen molar-refractivity contribution in [2.24, 2.45) is 11.1 Å². The van der Waals surface area contributed by atoms with Crippen molar-refractivity contribution in [2.45, 2.75) is 26.8 Å². The van der Waals surface area contributed by atoms with Crippen LogP contribution in [-0.2, 0) is 14.6 Å². The topological polar surface area (TPSA) is 80.5 Å². The molecule has 6 heteroatoms. The summed E-state index contributed by atoms with van der Waals surface area (Å²) >= 11 is 0. The molecule has 0 aromatic carbocycles. The Hall–Kier alpha value is -0.620. The third-order valence-corrected chi connectivity index (χ3v) is 4.46. The Morgan fingerprint density at radius 1 is 1.25 bits per heavy atom. The number of hydrogen-bond acceptors (Lipinski definition) is 4. The summed E-state index contributed by atoms with van der Waals surface area (Å²) < 4.78 is 22.4. The fraction of sp³-hybridized carbons (Fsp3) is 0.900. The van der Waals surface area contributed by atoms with Gasteiger partial charge in [-0.2, -0.15) is 0 Å². The maximum atomic E-state index is 12.0. The van der Waals surface area contributed by atoms with E-state index in [1.54, 1.807) is 4.90 Å². The largest absolute Gasteiger partial charge is 0.339 e. The van der Waals surface area contributed by atoms with E-state index in [1.807, 2.05) is 20.8 Å². The Kier molecular flexibility index (Phi) is 3.64. The number of sulfone groups is 1. The fourth-order valence-corrected chi connectivity index (χ4v) is 2.70. The zero-order chi connectivity index (χ0) is 12.6. The number of hydrogen-bond donors (Lipinski definition) is 1. The maximum absolute atomic E-state index is 12.0. The average Bonchev–Trinajstić information content (AvgIpc) is 2.14. The van der Waals surface area contributed by atoms with Gasteiger partial charge in [0.1, 0.15) is 0 Å². The van der Waals surface area contributed by atoms with Gasteiger partial charge in [-0.3, -0.25) is 4.79 Å². The van der Waals surface area contributed by atoms with Crippen LogP contribution in [0, 0.1) is 5.41 Å². The molecule has 2 N–H and O–H groups in total. The Balaban J connectivity index is 2.64. The van der Waals surface area contributed by atoms with Gasteiger partial charge in [0.15, 0.2) is 9.84 Å². The van der Waals surface area contributed by atoms with E-state index in [-0.39, 0.29) is 35.9 Å². The number of amides is 1. The van der Waals surface area contributed by atoms with Crippen LogP contribution in [0.4, 0.5) is 0 Å². The van der Waals surface area contributed by atoms with Crippen molar-refractivity contribution >= 4 is 15.7 Å². The number of nitrogens with zero attached hydrogens (tertiary/aromatic N) is 1. The highest BCUT2D eigenvalue weighted by atomic mass is 32.2. The van der Waals surface area contributed by atoms with Gasteiger partial charge >= 0.3 is 0 Å². The first-order valence-corrected chi connectivity index (χ1v) is 7.20. The lowest BCUT2D eigenvalue weighted by atomic mass is 9.86. The number of carbonyl (C=O) groups excluding carboxylic acids is 1. The molecule has 0 radical (unpaired) electrons. The van der Waals surface area contributed by atoms with Gasteiger partial charge < -0.3 is 10.6 Å². The molecule has 0 bridgehead atoms. The zero-order valence-electron chi connectivity index (χ0n) is 10.1. The highest BCUT2D eigenvalue weighted by molar-refractivity contribution is 7.91.